The third-order valence-electron chi connectivity index (χ3n) is 16.4. The van der Waals surface area contributed by atoms with Crippen LogP contribution in [0.5, 0.6) is 11.5 Å². The molecule has 0 amide bonds. The summed E-state index contributed by atoms with van der Waals surface area (Å²) in [6.45, 7) is 6.87. The van der Waals surface area contributed by atoms with Crippen molar-refractivity contribution in [2.45, 2.75) is 70.3 Å². The normalized spacial score (nSPS) is 21.0. The standard InChI is InChI=1S/C62H54BN3O/c1-61(2,3)45-24-22-43(23-25-45)44-33-57-60-59(34-44)67-58-29-27-48(64(46-14-6-4-7-15-46)47-16-8-5-9-17-47)35-53(58)63(60)52-28-26-49(65-54-20-12-10-18-50(54)51-19-11-13-21-55(51)65)36-56(52)66(57)62-37-40-30-41(38-62)32-42(31-40)39-62/h4-29,33-36,40-42H,30-32,37-39H2,1-3H3. The zero-order valence-corrected chi connectivity index (χ0v) is 38.6. The van der Waals surface area contributed by atoms with Crippen LogP contribution in [0.2, 0.25) is 0 Å². The van der Waals surface area contributed by atoms with Gasteiger partial charge in [0, 0.05) is 50.4 Å². The first-order valence-corrected chi connectivity index (χ1v) is 24.7. The van der Waals surface area contributed by atoms with Gasteiger partial charge in [0.25, 0.3) is 6.71 Å². The van der Waals surface area contributed by atoms with Gasteiger partial charge >= 0.3 is 0 Å². The van der Waals surface area contributed by atoms with E-state index in [2.05, 4.69) is 217 Å². The minimum Gasteiger partial charge on any atom is -0.458 e. The van der Waals surface area contributed by atoms with Crippen molar-refractivity contribution in [2.75, 3.05) is 9.80 Å². The molecule has 0 unspecified atom stereocenters. The summed E-state index contributed by atoms with van der Waals surface area (Å²) in [5.41, 5.74) is 17.5. The van der Waals surface area contributed by atoms with Crippen LogP contribution in [0.25, 0.3) is 38.6 Å². The average molecular weight is 868 g/mol. The highest BCUT2D eigenvalue weighted by atomic mass is 16.5. The maximum Gasteiger partial charge on any atom is 0.256 e. The van der Waals surface area contributed by atoms with E-state index in [0.717, 1.165) is 46.3 Å². The summed E-state index contributed by atoms with van der Waals surface area (Å²) in [5.74, 6) is 4.23. The molecule has 4 aliphatic carbocycles. The molecular formula is C62H54BN3O. The molecule has 9 aromatic rings. The summed E-state index contributed by atoms with van der Waals surface area (Å²) < 4.78 is 9.84. The summed E-state index contributed by atoms with van der Waals surface area (Å²) in [7, 11) is 0. The van der Waals surface area contributed by atoms with E-state index in [1.165, 1.54) is 110 Å². The van der Waals surface area contributed by atoms with Crippen molar-refractivity contribution in [3.63, 3.8) is 0 Å². The van der Waals surface area contributed by atoms with Crippen LogP contribution in [0, 0.1) is 17.8 Å². The van der Waals surface area contributed by atoms with Gasteiger partial charge in [0.2, 0.25) is 0 Å². The third-order valence-corrected chi connectivity index (χ3v) is 16.4. The lowest BCUT2D eigenvalue weighted by Gasteiger charge is -2.62. The molecule has 1 aromatic heterocycles. The molecule has 4 saturated carbocycles. The number of benzene rings is 8. The molecule has 5 heteroatoms. The second kappa shape index (κ2) is 14.5. The van der Waals surface area contributed by atoms with Crippen LogP contribution >= 0.6 is 0 Å². The van der Waals surface area contributed by atoms with Crippen LogP contribution in [0.1, 0.15) is 64.9 Å². The number of fused-ring (bicyclic) bond motifs is 7. The van der Waals surface area contributed by atoms with Gasteiger partial charge in [-0.1, -0.05) is 124 Å². The van der Waals surface area contributed by atoms with Gasteiger partial charge in [-0.05, 0) is 174 Å². The zero-order chi connectivity index (χ0) is 44.6. The fourth-order valence-corrected chi connectivity index (χ4v) is 14.0. The Balaban J connectivity index is 1.04. The maximum absolute atomic E-state index is 7.32. The molecule has 2 aliphatic heterocycles. The van der Waals surface area contributed by atoms with Gasteiger partial charge < -0.3 is 19.1 Å². The molecule has 4 nitrogen and oxygen atoms in total. The van der Waals surface area contributed by atoms with Gasteiger partial charge in [-0.25, -0.2) is 0 Å². The molecule has 67 heavy (non-hydrogen) atoms. The number of hydrogen-bond donors (Lipinski definition) is 0. The minimum absolute atomic E-state index is 0.0238. The van der Waals surface area contributed by atoms with Crippen molar-refractivity contribution in [3.05, 3.63) is 188 Å². The Morgan fingerprint density at radius 3 is 1.73 bits per heavy atom. The molecule has 4 fully saturated rings. The number of anilines is 5. The highest BCUT2D eigenvalue weighted by Gasteiger charge is 2.57. The van der Waals surface area contributed by atoms with Gasteiger partial charge in [-0.3, -0.25) is 0 Å². The first kappa shape index (κ1) is 39.2. The van der Waals surface area contributed by atoms with Crippen LogP contribution in [0.3, 0.4) is 0 Å². The van der Waals surface area contributed by atoms with Crippen molar-refractivity contribution in [2.24, 2.45) is 17.8 Å². The summed E-state index contributed by atoms with van der Waals surface area (Å²) >= 11 is 0. The lowest BCUT2D eigenvalue weighted by atomic mass is 9.33. The van der Waals surface area contributed by atoms with Gasteiger partial charge in [-0.15, -0.1) is 0 Å². The van der Waals surface area contributed by atoms with E-state index in [-0.39, 0.29) is 17.7 Å². The van der Waals surface area contributed by atoms with Gasteiger partial charge in [0.05, 0.1) is 11.0 Å². The van der Waals surface area contributed by atoms with Gasteiger partial charge in [0.1, 0.15) is 11.5 Å². The molecule has 3 heterocycles. The minimum atomic E-state index is -0.0354. The molecular weight excluding hydrogens is 814 g/mol. The Hall–Kier alpha value is -6.98. The Morgan fingerprint density at radius 1 is 0.522 bits per heavy atom. The quantitative estimate of drug-likeness (QED) is 0.155. The topological polar surface area (TPSA) is 20.6 Å². The van der Waals surface area contributed by atoms with Crippen molar-refractivity contribution in [1.82, 2.24) is 4.57 Å². The molecule has 0 radical (unpaired) electrons. The Kier molecular flexibility index (Phi) is 8.49. The van der Waals surface area contributed by atoms with Crippen LogP contribution in [-0.2, 0) is 5.41 Å². The van der Waals surface area contributed by atoms with Crippen molar-refractivity contribution < 1.29 is 4.74 Å². The molecule has 326 valence electrons. The molecule has 0 N–H and O–H groups in total. The predicted molar refractivity (Wildman–Crippen MR) is 280 cm³/mol. The van der Waals surface area contributed by atoms with E-state index in [4.69, 9.17) is 4.74 Å². The lowest BCUT2D eigenvalue weighted by Crippen LogP contribution is -2.66. The molecule has 6 aliphatic rings. The van der Waals surface area contributed by atoms with E-state index in [1.54, 1.807) is 0 Å². The number of para-hydroxylation sites is 4. The van der Waals surface area contributed by atoms with Crippen LogP contribution in [0.15, 0.2) is 182 Å². The fourth-order valence-electron chi connectivity index (χ4n) is 14.0. The third kappa shape index (κ3) is 6.06. The average Bonchev–Trinajstić information content (AvgIpc) is 3.68. The smallest absolute Gasteiger partial charge is 0.256 e. The number of rotatable bonds is 6. The van der Waals surface area contributed by atoms with Crippen molar-refractivity contribution in [1.29, 1.82) is 0 Å². The van der Waals surface area contributed by atoms with E-state index in [1.807, 2.05) is 0 Å². The Bertz CT molecular complexity index is 3290. The summed E-state index contributed by atoms with van der Waals surface area (Å²) in [5, 5.41) is 2.58. The van der Waals surface area contributed by atoms with Crippen molar-refractivity contribution >= 4 is 73.3 Å². The number of ether oxygens (including phenoxy) is 1. The van der Waals surface area contributed by atoms with E-state index < -0.39 is 0 Å². The van der Waals surface area contributed by atoms with E-state index in [0.29, 0.717) is 0 Å². The van der Waals surface area contributed by atoms with Crippen molar-refractivity contribution in [3.8, 4) is 28.3 Å². The van der Waals surface area contributed by atoms with Gasteiger partial charge in [-0.2, -0.15) is 0 Å². The second-order valence-electron chi connectivity index (χ2n) is 21.6. The number of nitrogens with zero attached hydrogens (tertiary/aromatic N) is 3. The summed E-state index contributed by atoms with van der Waals surface area (Å²) in [6, 6.07) is 68.1. The lowest BCUT2D eigenvalue weighted by molar-refractivity contribution is 0.000633. The molecule has 15 rings (SSSR count). The molecule has 8 aromatic carbocycles. The van der Waals surface area contributed by atoms with Crippen LogP contribution in [0.4, 0.5) is 28.4 Å². The monoisotopic (exact) mass is 867 g/mol. The largest absolute Gasteiger partial charge is 0.458 e. The Labute approximate surface area is 394 Å². The van der Waals surface area contributed by atoms with E-state index >= 15 is 0 Å². The number of aromatic nitrogens is 1. The zero-order valence-electron chi connectivity index (χ0n) is 38.6. The first-order chi connectivity index (χ1) is 32.8. The highest BCUT2D eigenvalue weighted by Crippen LogP contribution is 2.61. The fraction of sp³-hybridized carbons (Fsp3) is 0.226. The van der Waals surface area contributed by atoms with Crippen LogP contribution < -0.4 is 30.9 Å². The summed E-state index contributed by atoms with van der Waals surface area (Å²) in [6.07, 6.45) is 7.90. The highest BCUT2D eigenvalue weighted by molar-refractivity contribution is 6.99. The summed E-state index contributed by atoms with van der Waals surface area (Å²) in [4.78, 5) is 5.31. The molecule has 0 spiro atoms. The molecule has 4 bridgehead atoms. The van der Waals surface area contributed by atoms with Crippen LogP contribution in [-0.4, -0.2) is 16.8 Å². The molecule has 0 saturated heterocycles. The first-order valence-electron chi connectivity index (χ1n) is 24.7. The van der Waals surface area contributed by atoms with Gasteiger partial charge in [0.15, 0.2) is 0 Å². The Morgan fingerprint density at radius 2 is 1.12 bits per heavy atom. The second-order valence-corrected chi connectivity index (χ2v) is 21.6. The molecule has 0 atom stereocenters. The number of hydrogen-bond acceptors (Lipinski definition) is 3. The van der Waals surface area contributed by atoms with E-state index in [9.17, 15) is 0 Å². The predicted octanol–water partition coefficient (Wildman–Crippen LogP) is 14.3. The SMILES string of the molecule is CC(C)(C)c1ccc(-c2cc3c4c(c2)N(C25CC6CC(CC(C6)C2)C5)c2cc(-n5c6ccccc6c6ccccc65)ccc2B4c2cc(N(c4ccccc4)c4ccccc4)ccc2O3)cc1. The maximum atomic E-state index is 7.32.